The minimum absolute atomic E-state index is 0.0638. The number of carbonyl (C=O) groups excluding carboxylic acids is 2. The lowest BCUT2D eigenvalue weighted by molar-refractivity contribution is 0.0915. The molecule has 0 bridgehead atoms. The normalized spacial score (nSPS) is 16.4. The third-order valence-electron chi connectivity index (χ3n) is 8.14. The van der Waals surface area contributed by atoms with Gasteiger partial charge in [0.05, 0.1) is 11.8 Å². The summed E-state index contributed by atoms with van der Waals surface area (Å²) in [5.41, 5.74) is 4.11. The third kappa shape index (κ3) is 8.51. The van der Waals surface area contributed by atoms with Gasteiger partial charge >= 0.3 is 0 Å². The maximum Gasteiger partial charge on any atom is 0.270 e. The Labute approximate surface area is 263 Å². The molecule has 8 nitrogen and oxygen atoms in total. The Morgan fingerprint density at radius 2 is 1.80 bits per heavy atom. The molecule has 2 N–H and O–H groups in total. The number of aromatic nitrogens is 2. The van der Waals surface area contributed by atoms with Gasteiger partial charge in [0.15, 0.2) is 5.78 Å². The van der Waals surface area contributed by atoms with Gasteiger partial charge in [0.1, 0.15) is 23.0 Å². The van der Waals surface area contributed by atoms with Crippen LogP contribution in [-0.4, -0.2) is 51.8 Å². The van der Waals surface area contributed by atoms with Crippen LogP contribution in [0, 0.1) is 18.7 Å². The quantitative estimate of drug-likeness (QED) is 0.175. The molecule has 5 rings (SSSR count). The van der Waals surface area contributed by atoms with E-state index in [9.17, 15) is 19.1 Å². The molecule has 45 heavy (non-hydrogen) atoms. The van der Waals surface area contributed by atoms with Gasteiger partial charge in [-0.3, -0.25) is 9.59 Å². The lowest BCUT2D eigenvalue weighted by Crippen LogP contribution is -2.38. The lowest BCUT2D eigenvalue weighted by atomic mass is 9.82. The van der Waals surface area contributed by atoms with Gasteiger partial charge in [-0.2, -0.15) is 0 Å². The molecule has 2 aromatic carbocycles. The van der Waals surface area contributed by atoms with E-state index in [1.54, 1.807) is 24.3 Å². The van der Waals surface area contributed by atoms with Crippen molar-refractivity contribution in [2.45, 2.75) is 58.0 Å². The van der Waals surface area contributed by atoms with Gasteiger partial charge in [-0.1, -0.05) is 24.3 Å². The summed E-state index contributed by atoms with van der Waals surface area (Å²) in [5.74, 6) is 0.0727. The summed E-state index contributed by atoms with van der Waals surface area (Å²) in [7, 11) is 3.92. The number of nitrogens with zero attached hydrogens (tertiary/aromatic N) is 3. The van der Waals surface area contributed by atoms with Crippen molar-refractivity contribution >= 4 is 11.7 Å². The van der Waals surface area contributed by atoms with E-state index < -0.39 is 5.82 Å². The van der Waals surface area contributed by atoms with Crippen LogP contribution in [-0.2, 0) is 6.54 Å². The summed E-state index contributed by atoms with van der Waals surface area (Å²) in [6.07, 6.45) is 5.42. The standard InChI is InChI=1S/C36H39FN4O4/c1-23-6-4-9-33(39-23)35(44)40-28-13-10-24(11-14-28)12-17-34(43)32-20-27(37)21-38-36(32)45-30-8-5-7-25(19-30)31-16-15-29(42)18-26(31)22-41(2)3/h4-9,15-16,18-21,24,28,42H,10-14,17,22H2,1-3H3,(H,40,44). The van der Waals surface area contributed by atoms with Crippen molar-refractivity contribution in [1.82, 2.24) is 20.2 Å². The number of carbonyl (C=O) groups is 2. The minimum Gasteiger partial charge on any atom is -0.508 e. The van der Waals surface area contributed by atoms with Crippen molar-refractivity contribution in [2.75, 3.05) is 14.1 Å². The number of nitrogens with one attached hydrogen (secondary N) is 1. The Bertz CT molecular complexity index is 1670. The average Bonchev–Trinajstić information content (AvgIpc) is 3.01. The largest absolute Gasteiger partial charge is 0.508 e. The van der Waals surface area contributed by atoms with Crippen LogP contribution in [0.5, 0.6) is 17.4 Å². The number of phenols is 1. The molecule has 2 heterocycles. The highest BCUT2D eigenvalue weighted by molar-refractivity contribution is 5.98. The molecule has 0 saturated heterocycles. The van der Waals surface area contributed by atoms with Crippen LogP contribution in [0.25, 0.3) is 11.1 Å². The number of pyridine rings is 2. The fraction of sp³-hybridized carbons (Fsp3) is 0.333. The Kier molecular flexibility index (Phi) is 10.2. The van der Waals surface area contributed by atoms with Crippen molar-refractivity contribution in [3.8, 4) is 28.5 Å². The maximum atomic E-state index is 14.3. The van der Waals surface area contributed by atoms with E-state index in [1.165, 1.54) is 6.07 Å². The number of ether oxygens (including phenoxy) is 1. The smallest absolute Gasteiger partial charge is 0.270 e. The van der Waals surface area contributed by atoms with Crippen molar-refractivity contribution in [1.29, 1.82) is 0 Å². The molecule has 1 aliphatic rings. The molecular weight excluding hydrogens is 571 g/mol. The Balaban J connectivity index is 1.20. The summed E-state index contributed by atoms with van der Waals surface area (Å²) >= 11 is 0. The third-order valence-corrected chi connectivity index (χ3v) is 8.14. The number of amides is 1. The molecular formula is C36H39FN4O4. The molecule has 1 aliphatic carbocycles. The molecule has 4 aromatic rings. The molecule has 1 saturated carbocycles. The first-order valence-corrected chi connectivity index (χ1v) is 15.3. The molecule has 0 atom stereocenters. The van der Waals surface area contributed by atoms with Crippen LogP contribution < -0.4 is 10.1 Å². The van der Waals surface area contributed by atoms with E-state index in [4.69, 9.17) is 4.74 Å². The van der Waals surface area contributed by atoms with Crippen LogP contribution >= 0.6 is 0 Å². The zero-order chi connectivity index (χ0) is 31.9. The van der Waals surface area contributed by atoms with Crippen molar-refractivity contribution in [2.24, 2.45) is 5.92 Å². The number of phenolic OH excluding ortho intramolecular Hbond substituents is 1. The molecule has 0 spiro atoms. The fourth-order valence-electron chi connectivity index (χ4n) is 5.87. The van der Waals surface area contributed by atoms with Gasteiger partial charge in [0.2, 0.25) is 5.88 Å². The molecule has 2 aromatic heterocycles. The molecule has 1 amide bonds. The number of benzene rings is 2. The van der Waals surface area contributed by atoms with Crippen LogP contribution in [0.3, 0.4) is 0 Å². The Morgan fingerprint density at radius 1 is 1.02 bits per heavy atom. The first-order chi connectivity index (χ1) is 21.6. The number of aromatic hydroxyl groups is 1. The Hall–Kier alpha value is -4.63. The second-order valence-electron chi connectivity index (χ2n) is 12.0. The van der Waals surface area contributed by atoms with Crippen LogP contribution in [0.1, 0.15) is 70.6 Å². The van der Waals surface area contributed by atoms with Gasteiger partial charge in [0, 0.05) is 24.7 Å². The highest BCUT2D eigenvalue weighted by atomic mass is 19.1. The highest BCUT2D eigenvalue weighted by Crippen LogP contribution is 2.33. The van der Waals surface area contributed by atoms with Crippen molar-refractivity contribution in [3.63, 3.8) is 0 Å². The zero-order valence-electron chi connectivity index (χ0n) is 25.9. The van der Waals surface area contributed by atoms with Crippen LogP contribution in [0.2, 0.25) is 0 Å². The second-order valence-corrected chi connectivity index (χ2v) is 12.0. The molecule has 1 fully saturated rings. The van der Waals surface area contributed by atoms with Crippen LogP contribution in [0.4, 0.5) is 4.39 Å². The monoisotopic (exact) mass is 610 g/mol. The summed E-state index contributed by atoms with van der Waals surface area (Å²) in [4.78, 5) is 36.4. The van der Waals surface area contributed by atoms with E-state index in [0.29, 0.717) is 30.3 Å². The number of hydrogen-bond acceptors (Lipinski definition) is 7. The van der Waals surface area contributed by atoms with Gasteiger partial charge in [-0.05, 0) is 118 Å². The summed E-state index contributed by atoms with van der Waals surface area (Å²) in [6.45, 7) is 2.49. The van der Waals surface area contributed by atoms with Gasteiger partial charge in [0.25, 0.3) is 5.91 Å². The number of hydrogen-bond donors (Lipinski definition) is 2. The predicted octanol–water partition coefficient (Wildman–Crippen LogP) is 7.10. The summed E-state index contributed by atoms with van der Waals surface area (Å²) in [6, 6.07) is 19.3. The topological polar surface area (TPSA) is 105 Å². The summed E-state index contributed by atoms with van der Waals surface area (Å²) < 4.78 is 20.3. The molecule has 0 aliphatic heterocycles. The van der Waals surface area contributed by atoms with Gasteiger partial charge in [-0.25, -0.2) is 14.4 Å². The number of aryl methyl sites for hydroxylation is 1. The van der Waals surface area contributed by atoms with E-state index in [2.05, 4.69) is 15.3 Å². The lowest BCUT2D eigenvalue weighted by Gasteiger charge is -2.29. The molecule has 234 valence electrons. The van der Waals surface area contributed by atoms with Crippen LogP contribution in [0.15, 0.2) is 72.9 Å². The highest BCUT2D eigenvalue weighted by Gasteiger charge is 2.25. The number of ketones is 1. The van der Waals surface area contributed by atoms with E-state index in [1.807, 2.05) is 62.3 Å². The molecule has 0 radical (unpaired) electrons. The van der Waals surface area contributed by atoms with Crippen molar-refractivity contribution < 1.29 is 23.8 Å². The van der Waals surface area contributed by atoms with E-state index in [-0.39, 0.29) is 41.3 Å². The first kappa shape index (κ1) is 31.8. The summed E-state index contributed by atoms with van der Waals surface area (Å²) in [5, 5.41) is 13.1. The number of halogens is 1. The fourth-order valence-corrected chi connectivity index (χ4v) is 5.87. The molecule has 9 heteroatoms. The minimum atomic E-state index is -0.601. The maximum absolute atomic E-state index is 14.3. The number of Topliss-reactive ketones (excluding diaryl/α,β-unsaturated/α-hetero) is 1. The van der Waals surface area contributed by atoms with E-state index in [0.717, 1.165) is 54.3 Å². The zero-order valence-corrected chi connectivity index (χ0v) is 25.9. The van der Waals surface area contributed by atoms with Gasteiger partial charge in [-0.15, -0.1) is 0 Å². The predicted molar refractivity (Wildman–Crippen MR) is 171 cm³/mol. The number of rotatable bonds is 11. The molecule has 0 unspecified atom stereocenters. The Morgan fingerprint density at radius 3 is 2.56 bits per heavy atom. The first-order valence-electron chi connectivity index (χ1n) is 15.3. The van der Waals surface area contributed by atoms with Crippen molar-refractivity contribution in [3.05, 3.63) is 101 Å². The van der Waals surface area contributed by atoms with Gasteiger partial charge < -0.3 is 20.1 Å². The van der Waals surface area contributed by atoms with E-state index >= 15 is 0 Å². The second kappa shape index (κ2) is 14.4. The SMILES string of the molecule is Cc1cccc(C(=O)NC2CCC(CCC(=O)c3cc(F)cnc3Oc3cccc(-c4ccc(O)cc4CN(C)C)c3)CC2)n1. The average molecular weight is 611 g/mol.